The van der Waals surface area contributed by atoms with Crippen LogP contribution >= 0.6 is 0 Å². The maximum Gasteiger partial charge on any atom is 0.326 e. The number of hydrogen-bond acceptors (Lipinski definition) is 2. The third kappa shape index (κ3) is 4.69. The highest BCUT2D eigenvalue weighted by Gasteiger charge is 2.23. The van der Waals surface area contributed by atoms with Gasteiger partial charge in [-0.3, -0.25) is 0 Å². The van der Waals surface area contributed by atoms with Crippen molar-refractivity contribution in [2.24, 2.45) is 5.92 Å². The quantitative estimate of drug-likeness (QED) is 0.607. The maximum absolute atomic E-state index is 11.4. The predicted octanol–water partition coefficient (Wildman–Crippen LogP) is 0.807. The number of carboxylic acids is 1. The van der Waals surface area contributed by atoms with E-state index in [0.29, 0.717) is 6.42 Å². The van der Waals surface area contributed by atoms with Gasteiger partial charge < -0.3 is 15.7 Å². The van der Waals surface area contributed by atoms with Gasteiger partial charge in [0, 0.05) is 0 Å². The Balaban J connectivity index is 4.32. The average Bonchev–Trinajstić information content (AvgIpc) is 2.21. The number of aliphatic carboxylic acids is 1. The molecular formula is C11H18N2O3. The van der Waals surface area contributed by atoms with Crippen LogP contribution in [-0.4, -0.2) is 29.2 Å². The molecule has 0 heterocycles. The van der Waals surface area contributed by atoms with Crippen molar-refractivity contribution in [2.75, 3.05) is 0 Å². The van der Waals surface area contributed by atoms with E-state index in [-0.39, 0.29) is 12.0 Å². The van der Waals surface area contributed by atoms with Gasteiger partial charge in [-0.15, -0.1) is 6.42 Å². The number of terminal acetylenes is 1. The van der Waals surface area contributed by atoms with Crippen molar-refractivity contribution in [3.05, 3.63) is 0 Å². The van der Waals surface area contributed by atoms with Crippen LogP contribution in [0.15, 0.2) is 0 Å². The lowest BCUT2D eigenvalue weighted by Gasteiger charge is -2.19. The van der Waals surface area contributed by atoms with Crippen molar-refractivity contribution in [2.45, 2.75) is 39.3 Å². The fourth-order valence-corrected chi connectivity index (χ4v) is 1.12. The number of carbonyl (C=O) groups excluding carboxylic acids is 1. The molecule has 0 spiro atoms. The molecule has 16 heavy (non-hydrogen) atoms. The Morgan fingerprint density at radius 2 is 1.94 bits per heavy atom. The van der Waals surface area contributed by atoms with Crippen LogP contribution in [0.3, 0.4) is 0 Å². The standard InChI is InChI=1S/C11H18N2O3/c1-5-8(6-2)12-11(16)13-9(7(3)4)10(14)15/h1,7-9H,6H2,2-4H3,(H,14,15)(H2,12,13,16)/t8?,9-/m0/s1. The highest BCUT2D eigenvalue weighted by molar-refractivity contribution is 5.83. The van der Waals surface area contributed by atoms with E-state index in [1.807, 2.05) is 6.92 Å². The second kappa shape index (κ2) is 6.72. The molecule has 0 saturated carbocycles. The van der Waals surface area contributed by atoms with E-state index in [4.69, 9.17) is 11.5 Å². The fraction of sp³-hybridized carbons (Fsp3) is 0.636. The van der Waals surface area contributed by atoms with E-state index in [2.05, 4.69) is 16.6 Å². The van der Waals surface area contributed by atoms with E-state index in [0.717, 1.165) is 0 Å². The van der Waals surface area contributed by atoms with Crippen LogP contribution in [0.4, 0.5) is 4.79 Å². The summed E-state index contributed by atoms with van der Waals surface area (Å²) in [6.07, 6.45) is 5.77. The van der Waals surface area contributed by atoms with Crippen molar-refractivity contribution in [3.8, 4) is 12.3 Å². The minimum atomic E-state index is -1.06. The predicted molar refractivity (Wildman–Crippen MR) is 60.8 cm³/mol. The van der Waals surface area contributed by atoms with Gasteiger partial charge >= 0.3 is 12.0 Å². The van der Waals surface area contributed by atoms with Gasteiger partial charge in [-0.1, -0.05) is 26.7 Å². The number of carboxylic acid groups (broad SMARTS) is 1. The summed E-state index contributed by atoms with van der Waals surface area (Å²) in [6.45, 7) is 5.27. The normalized spacial score (nSPS) is 13.7. The average molecular weight is 226 g/mol. The molecular weight excluding hydrogens is 208 g/mol. The first-order chi connectivity index (χ1) is 7.42. The van der Waals surface area contributed by atoms with Crippen molar-refractivity contribution < 1.29 is 14.7 Å². The zero-order valence-corrected chi connectivity index (χ0v) is 9.78. The molecule has 0 fully saturated rings. The summed E-state index contributed by atoms with van der Waals surface area (Å²) >= 11 is 0. The Labute approximate surface area is 95.6 Å². The Bertz CT molecular complexity index is 294. The molecule has 0 aliphatic rings. The minimum Gasteiger partial charge on any atom is -0.480 e. The number of rotatable bonds is 5. The minimum absolute atomic E-state index is 0.186. The monoisotopic (exact) mass is 226 g/mol. The molecule has 1 unspecified atom stereocenters. The van der Waals surface area contributed by atoms with E-state index in [1.165, 1.54) is 0 Å². The molecule has 3 N–H and O–H groups in total. The van der Waals surface area contributed by atoms with E-state index >= 15 is 0 Å². The second-order valence-electron chi connectivity index (χ2n) is 3.81. The highest BCUT2D eigenvalue weighted by atomic mass is 16.4. The molecule has 0 aromatic rings. The van der Waals surface area contributed by atoms with Crippen molar-refractivity contribution in [3.63, 3.8) is 0 Å². The lowest BCUT2D eigenvalue weighted by Crippen LogP contribution is -2.50. The number of carbonyl (C=O) groups is 2. The van der Waals surface area contributed by atoms with Crippen molar-refractivity contribution >= 4 is 12.0 Å². The van der Waals surface area contributed by atoms with Gasteiger partial charge in [0.2, 0.25) is 0 Å². The first kappa shape index (κ1) is 14.3. The van der Waals surface area contributed by atoms with Gasteiger partial charge in [-0.2, -0.15) is 0 Å². The lowest BCUT2D eigenvalue weighted by atomic mass is 10.1. The summed E-state index contributed by atoms with van der Waals surface area (Å²) < 4.78 is 0. The zero-order chi connectivity index (χ0) is 12.7. The molecule has 2 amide bonds. The second-order valence-corrected chi connectivity index (χ2v) is 3.81. The number of hydrogen-bond donors (Lipinski definition) is 3. The van der Waals surface area contributed by atoms with Gasteiger partial charge in [-0.25, -0.2) is 9.59 Å². The summed E-state index contributed by atoms with van der Waals surface area (Å²) in [5.74, 6) is 1.15. The summed E-state index contributed by atoms with van der Waals surface area (Å²) in [5.41, 5.74) is 0. The van der Waals surface area contributed by atoms with Crippen molar-refractivity contribution in [1.82, 2.24) is 10.6 Å². The smallest absolute Gasteiger partial charge is 0.326 e. The van der Waals surface area contributed by atoms with Crippen LogP contribution < -0.4 is 10.6 Å². The van der Waals surface area contributed by atoms with Crippen LogP contribution in [0.25, 0.3) is 0 Å². The molecule has 0 aliphatic carbocycles. The molecule has 0 saturated heterocycles. The Kier molecular flexibility index (Phi) is 6.01. The maximum atomic E-state index is 11.4. The lowest BCUT2D eigenvalue weighted by molar-refractivity contribution is -0.140. The molecule has 90 valence electrons. The highest BCUT2D eigenvalue weighted by Crippen LogP contribution is 2.01. The van der Waals surface area contributed by atoms with Crippen LogP contribution in [0.2, 0.25) is 0 Å². The summed E-state index contributed by atoms with van der Waals surface area (Å²) in [4.78, 5) is 22.2. The Morgan fingerprint density at radius 1 is 1.38 bits per heavy atom. The molecule has 0 rings (SSSR count). The molecule has 0 aromatic heterocycles. The van der Waals surface area contributed by atoms with Gasteiger partial charge in [0.1, 0.15) is 6.04 Å². The first-order valence-electron chi connectivity index (χ1n) is 5.18. The number of nitrogens with one attached hydrogen (secondary N) is 2. The van der Waals surface area contributed by atoms with Gasteiger partial charge in [0.25, 0.3) is 0 Å². The van der Waals surface area contributed by atoms with Crippen LogP contribution in [0, 0.1) is 18.3 Å². The third-order valence-electron chi connectivity index (χ3n) is 2.13. The van der Waals surface area contributed by atoms with Crippen LogP contribution in [-0.2, 0) is 4.79 Å². The van der Waals surface area contributed by atoms with E-state index < -0.39 is 18.0 Å². The Morgan fingerprint density at radius 3 is 2.25 bits per heavy atom. The summed E-state index contributed by atoms with van der Waals surface area (Å²) in [6, 6.07) is -1.83. The van der Waals surface area contributed by atoms with Gasteiger partial charge in [0.15, 0.2) is 0 Å². The molecule has 0 aliphatic heterocycles. The third-order valence-corrected chi connectivity index (χ3v) is 2.13. The molecule has 5 nitrogen and oxygen atoms in total. The zero-order valence-electron chi connectivity index (χ0n) is 9.78. The molecule has 0 bridgehead atoms. The summed E-state index contributed by atoms with van der Waals surface area (Å²) in [7, 11) is 0. The van der Waals surface area contributed by atoms with Gasteiger partial charge in [0.05, 0.1) is 6.04 Å². The largest absolute Gasteiger partial charge is 0.480 e. The van der Waals surface area contributed by atoms with E-state index in [1.54, 1.807) is 13.8 Å². The summed E-state index contributed by atoms with van der Waals surface area (Å²) in [5, 5.41) is 13.7. The van der Waals surface area contributed by atoms with E-state index in [9.17, 15) is 9.59 Å². The van der Waals surface area contributed by atoms with Gasteiger partial charge in [-0.05, 0) is 12.3 Å². The molecule has 2 atom stereocenters. The fourth-order valence-electron chi connectivity index (χ4n) is 1.12. The topological polar surface area (TPSA) is 78.4 Å². The SMILES string of the molecule is C#CC(CC)NC(=O)N[C@H](C(=O)O)C(C)C. The number of amides is 2. The molecule has 5 heteroatoms. The van der Waals surface area contributed by atoms with Crippen LogP contribution in [0.1, 0.15) is 27.2 Å². The van der Waals surface area contributed by atoms with Crippen molar-refractivity contribution in [1.29, 1.82) is 0 Å². The van der Waals surface area contributed by atoms with Crippen LogP contribution in [0.5, 0.6) is 0 Å². The molecule has 0 radical (unpaired) electrons. The Hall–Kier alpha value is -1.70. The number of urea groups is 1. The molecule has 0 aromatic carbocycles. The first-order valence-corrected chi connectivity index (χ1v) is 5.18.